The Morgan fingerprint density at radius 1 is 1.02 bits per heavy atom. The molecule has 1 aliphatic rings. The standard InChI is InChI=1S/C39H43N5O8S/c1-25-16-17-29(19-30(25)22-44-20-26(2)52-34-14-6-7-15-35(34)53(44,48)49)36(39(3,4)38(47)50-5)51-24-31-23-43(42-41-31)21-27-10-8-11-28(18-27)32-12-9-13-33(40-32)37(45)46/h6-19,23,26,36,48-49H,20-22,24H2,1-5H3,(H,45,46). The van der Waals surface area contributed by atoms with Crippen molar-refractivity contribution in [2.45, 2.75) is 64.5 Å². The number of pyridine rings is 1. The SMILES string of the molecule is COC(=O)C(C)(C)C(OCc1cn(Cc2cccc(-c3cccc(C(=O)O)n3)c2)nn1)c1ccc(C)c(CN2CC(C)Oc3ccccc3S2(O)O)c1. The summed E-state index contributed by atoms with van der Waals surface area (Å²) in [5.74, 6) is -1.10. The number of hydrogen-bond acceptors (Lipinski definition) is 11. The number of para-hydroxylation sites is 1. The smallest absolute Gasteiger partial charge is 0.354 e. The van der Waals surface area contributed by atoms with Gasteiger partial charge in [0, 0.05) is 12.1 Å². The molecule has 0 amide bonds. The number of aromatic carboxylic acids is 1. The quantitative estimate of drug-likeness (QED) is 0.111. The summed E-state index contributed by atoms with van der Waals surface area (Å²) in [6.45, 7) is 8.29. The van der Waals surface area contributed by atoms with Crippen molar-refractivity contribution in [2.24, 2.45) is 5.41 Å². The molecule has 14 heteroatoms. The van der Waals surface area contributed by atoms with Crippen LogP contribution in [-0.4, -0.2) is 70.2 Å². The van der Waals surface area contributed by atoms with Crippen LogP contribution in [0, 0.1) is 12.3 Å². The molecule has 3 aromatic carbocycles. The highest BCUT2D eigenvalue weighted by Crippen LogP contribution is 2.57. The molecule has 0 saturated carbocycles. The molecule has 0 saturated heterocycles. The summed E-state index contributed by atoms with van der Waals surface area (Å²) < 4.78 is 44.0. The fourth-order valence-corrected chi connectivity index (χ4v) is 8.06. The summed E-state index contributed by atoms with van der Waals surface area (Å²) in [5, 5.41) is 18.0. The van der Waals surface area contributed by atoms with Gasteiger partial charge in [-0.15, -0.1) is 15.9 Å². The highest BCUT2D eigenvalue weighted by molar-refractivity contribution is 8.22. The first-order valence-corrected chi connectivity index (χ1v) is 18.5. The van der Waals surface area contributed by atoms with Crippen LogP contribution in [0.25, 0.3) is 11.3 Å². The van der Waals surface area contributed by atoms with Crippen molar-refractivity contribution in [2.75, 3.05) is 13.7 Å². The van der Waals surface area contributed by atoms with Gasteiger partial charge in [-0.3, -0.25) is 13.9 Å². The molecule has 5 aromatic rings. The number of hydrogen-bond donors (Lipinski definition) is 3. The number of carboxylic acids is 1. The van der Waals surface area contributed by atoms with Crippen LogP contribution in [0.2, 0.25) is 0 Å². The topological polar surface area (TPSA) is 169 Å². The number of nitrogens with zero attached hydrogens (tertiary/aromatic N) is 5. The number of benzene rings is 3. The molecule has 0 spiro atoms. The number of carbonyl (C=O) groups is 2. The number of aryl methyl sites for hydroxylation is 1. The van der Waals surface area contributed by atoms with E-state index in [9.17, 15) is 23.8 Å². The lowest BCUT2D eigenvalue weighted by Crippen LogP contribution is -2.35. The molecule has 3 heterocycles. The molecule has 0 bridgehead atoms. The van der Waals surface area contributed by atoms with Crippen molar-refractivity contribution in [3.05, 3.63) is 125 Å². The van der Waals surface area contributed by atoms with E-state index in [2.05, 4.69) is 15.3 Å². The van der Waals surface area contributed by atoms with E-state index in [1.807, 2.05) is 56.3 Å². The second-order valence-corrected chi connectivity index (χ2v) is 15.6. The van der Waals surface area contributed by atoms with E-state index in [0.717, 1.165) is 22.3 Å². The van der Waals surface area contributed by atoms with Gasteiger partial charge in [-0.2, -0.15) is 4.31 Å². The Hall–Kier alpha value is -5.12. The molecule has 1 aliphatic heterocycles. The minimum absolute atomic E-state index is 0.0315. The van der Waals surface area contributed by atoms with Crippen LogP contribution >= 0.6 is 10.8 Å². The Labute approximate surface area is 309 Å². The van der Waals surface area contributed by atoms with Crippen LogP contribution in [0.3, 0.4) is 0 Å². The molecule has 3 N–H and O–H groups in total. The maximum absolute atomic E-state index is 13.1. The van der Waals surface area contributed by atoms with Crippen molar-refractivity contribution in [1.29, 1.82) is 0 Å². The van der Waals surface area contributed by atoms with Gasteiger partial charge < -0.3 is 19.3 Å². The first kappa shape index (κ1) is 37.6. The van der Waals surface area contributed by atoms with Gasteiger partial charge in [0.2, 0.25) is 0 Å². The fourth-order valence-electron chi connectivity index (χ4n) is 6.40. The maximum Gasteiger partial charge on any atom is 0.354 e. The Kier molecular flexibility index (Phi) is 11.0. The third-order valence-electron chi connectivity index (χ3n) is 9.20. The van der Waals surface area contributed by atoms with Crippen LogP contribution in [0.15, 0.2) is 96.0 Å². The summed E-state index contributed by atoms with van der Waals surface area (Å²) in [4.78, 5) is 29.1. The number of ether oxygens (including phenoxy) is 3. The zero-order valence-electron chi connectivity index (χ0n) is 30.2. The van der Waals surface area contributed by atoms with E-state index >= 15 is 0 Å². The number of carbonyl (C=O) groups excluding carboxylic acids is 1. The Balaban J connectivity index is 1.22. The van der Waals surface area contributed by atoms with Crippen LogP contribution in [-0.2, 0) is 34.0 Å². The lowest BCUT2D eigenvalue weighted by atomic mass is 9.81. The van der Waals surface area contributed by atoms with E-state index in [1.54, 1.807) is 65.4 Å². The monoisotopic (exact) mass is 741 g/mol. The number of methoxy groups -OCH3 is 1. The summed E-state index contributed by atoms with van der Waals surface area (Å²) >= 11 is 0. The maximum atomic E-state index is 13.1. The molecule has 53 heavy (non-hydrogen) atoms. The van der Waals surface area contributed by atoms with Gasteiger partial charge in [-0.25, -0.2) is 14.5 Å². The van der Waals surface area contributed by atoms with Crippen molar-refractivity contribution >= 4 is 22.7 Å². The summed E-state index contributed by atoms with van der Waals surface area (Å²) in [5.41, 5.74) is 4.10. The zero-order chi connectivity index (χ0) is 37.9. The van der Waals surface area contributed by atoms with Crippen LogP contribution < -0.4 is 4.74 Å². The molecule has 0 aliphatic carbocycles. The van der Waals surface area contributed by atoms with Crippen molar-refractivity contribution in [3.8, 4) is 17.0 Å². The number of carboxylic acid groups (broad SMARTS) is 1. The largest absolute Gasteiger partial charge is 0.487 e. The van der Waals surface area contributed by atoms with Gasteiger partial charge in [0.15, 0.2) is 0 Å². The molecule has 2 atom stereocenters. The van der Waals surface area contributed by atoms with E-state index in [-0.39, 0.29) is 31.5 Å². The van der Waals surface area contributed by atoms with Crippen LogP contribution in [0.4, 0.5) is 0 Å². The number of fused-ring (bicyclic) bond motifs is 1. The lowest BCUT2D eigenvalue weighted by molar-refractivity contribution is -0.162. The minimum atomic E-state index is -3.37. The fraction of sp³-hybridized carbons (Fsp3) is 0.308. The third kappa shape index (κ3) is 8.27. The van der Waals surface area contributed by atoms with Gasteiger partial charge in [0.1, 0.15) is 28.1 Å². The van der Waals surface area contributed by atoms with Crippen molar-refractivity contribution in [3.63, 3.8) is 0 Å². The van der Waals surface area contributed by atoms with E-state index in [0.29, 0.717) is 34.1 Å². The Bertz CT molecular complexity index is 2120. The van der Waals surface area contributed by atoms with Crippen LogP contribution in [0.5, 0.6) is 5.75 Å². The molecular weight excluding hydrogens is 699 g/mol. The summed E-state index contributed by atoms with van der Waals surface area (Å²) in [7, 11) is -2.03. The second kappa shape index (κ2) is 15.5. The lowest BCUT2D eigenvalue weighted by Gasteiger charge is -2.42. The number of esters is 1. The van der Waals surface area contributed by atoms with E-state index < -0.39 is 34.2 Å². The molecule has 2 aromatic heterocycles. The van der Waals surface area contributed by atoms with Gasteiger partial charge in [0.25, 0.3) is 0 Å². The molecule has 2 unspecified atom stereocenters. The average molecular weight is 742 g/mol. The van der Waals surface area contributed by atoms with Crippen LogP contribution in [0.1, 0.15) is 65.3 Å². The highest BCUT2D eigenvalue weighted by Gasteiger charge is 2.41. The second-order valence-electron chi connectivity index (χ2n) is 13.6. The first-order valence-electron chi connectivity index (χ1n) is 17.0. The van der Waals surface area contributed by atoms with Gasteiger partial charge in [-0.1, -0.05) is 59.8 Å². The predicted octanol–water partition coefficient (Wildman–Crippen LogP) is 7.16. The zero-order valence-corrected chi connectivity index (χ0v) is 31.0. The van der Waals surface area contributed by atoms with E-state index in [1.165, 1.54) is 13.2 Å². The molecule has 13 nitrogen and oxygen atoms in total. The third-order valence-corrected chi connectivity index (χ3v) is 11.1. The van der Waals surface area contributed by atoms with Gasteiger partial charge in [-0.05, 0) is 80.3 Å². The predicted molar refractivity (Wildman–Crippen MR) is 198 cm³/mol. The summed E-state index contributed by atoms with van der Waals surface area (Å²) in [6, 6.07) is 25.2. The first-order chi connectivity index (χ1) is 25.3. The molecular formula is C39H43N5O8S. The van der Waals surface area contributed by atoms with Crippen molar-refractivity contribution < 1.29 is 38.0 Å². The van der Waals surface area contributed by atoms with Gasteiger partial charge in [0.05, 0.1) is 50.2 Å². The Morgan fingerprint density at radius 2 is 1.79 bits per heavy atom. The molecule has 0 fully saturated rings. The molecule has 6 rings (SSSR count). The molecule has 278 valence electrons. The average Bonchev–Trinajstić information content (AvgIpc) is 3.55. The molecule has 0 radical (unpaired) electrons. The minimum Gasteiger partial charge on any atom is -0.487 e. The van der Waals surface area contributed by atoms with E-state index in [4.69, 9.17) is 14.2 Å². The number of rotatable bonds is 12. The Morgan fingerprint density at radius 3 is 2.57 bits per heavy atom. The number of aromatic nitrogens is 4. The summed E-state index contributed by atoms with van der Waals surface area (Å²) in [6.07, 6.45) is 0.704. The van der Waals surface area contributed by atoms with Gasteiger partial charge >= 0.3 is 11.9 Å². The van der Waals surface area contributed by atoms with Crippen molar-refractivity contribution in [1.82, 2.24) is 24.3 Å². The highest BCUT2D eigenvalue weighted by atomic mass is 32.3. The normalized spacial score (nSPS) is 16.8.